The number of ether oxygens (including phenoxy) is 2. The Balaban J connectivity index is 1.67. The van der Waals surface area contributed by atoms with Crippen LogP contribution in [0.15, 0.2) is 54.6 Å². The standard InChI is InChI=1S/C25H29N3O3/c1-26-20-16-19(23-8-5-6-9-24(23)30-4)17-22(18-20)31-21-11-14-28(15-12-21)25(29)10-7-13-27(2)3/h5-10,16-18,21H,11-15H2,2-4H3/b10-7+. The van der Waals surface area contributed by atoms with Crippen molar-refractivity contribution in [2.24, 2.45) is 0 Å². The molecule has 0 aliphatic carbocycles. The summed E-state index contributed by atoms with van der Waals surface area (Å²) in [7, 11) is 5.58. The number of rotatable bonds is 7. The van der Waals surface area contributed by atoms with Gasteiger partial charge in [-0.25, -0.2) is 4.85 Å². The van der Waals surface area contributed by atoms with Crippen LogP contribution in [0.2, 0.25) is 0 Å². The summed E-state index contributed by atoms with van der Waals surface area (Å²) in [5.41, 5.74) is 2.34. The molecule has 1 amide bonds. The second-order valence-electron chi connectivity index (χ2n) is 7.83. The van der Waals surface area contributed by atoms with Crippen LogP contribution in [-0.4, -0.2) is 62.7 Å². The summed E-state index contributed by atoms with van der Waals surface area (Å²) in [5.74, 6) is 1.48. The molecule has 0 radical (unpaired) electrons. The molecule has 6 nitrogen and oxygen atoms in total. The van der Waals surface area contributed by atoms with Crippen molar-refractivity contribution in [3.8, 4) is 22.6 Å². The van der Waals surface area contributed by atoms with Crippen LogP contribution in [-0.2, 0) is 4.79 Å². The van der Waals surface area contributed by atoms with Gasteiger partial charge in [0.1, 0.15) is 17.6 Å². The van der Waals surface area contributed by atoms with E-state index in [9.17, 15) is 4.79 Å². The molecule has 6 heteroatoms. The lowest BCUT2D eigenvalue weighted by atomic mass is 10.0. The number of piperidine rings is 1. The summed E-state index contributed by atoms with van der Waals surface area (Å²) >= 11 is 0. The van der Waals surface area contributed by atoms with E-state index in [4.69, 9.17) is 16.0 Å². The third-order valence-corrected chi connectivity index (χ3v) is 5.23. The van der Waals surface area contributed by atoms with Crippen LogP contribution < -0.4 is 9.47 Å². The number of methoxy groups -OCH3 is 1. The molecule has 31 heavy (non-hydrogen) atoms. The maximum Gasteiger partial charge on any atom is 0.246 e. The minimum atomic E-state index is 0.0151. The molecule has 0 unspecified atom stereocenters. The second kappa shape index (κ2) is 10.6. The minimum Gasteiger partial charge on any atom is -0.496 e. The number of hydrogen-bond acceptors (Lipinski definition) is 4. The van der Waals surface area contributed by atoms with Gasteiger partial charge in [-0.2, -0.15) is 0 Å². The highest BCUT2D eigenvalue weighted by Crippen LogP contribution is 2.36. The highest BCUT2D eigenvalue weighted by molar-refractivity contribution is 5.87. The molecule has 0 atom stereocenters. The number of hydrogen-bond donors (Lipinski definition) is 0. The van der Waals surface area contributed by atoms with E-state index in [-0.39, 0.29) is 12.0 Å². The van der Waals surface area contributed by atoms with E-state index in [0.717, 1.165) is 36.3 Å². The molecular weight excluding hydrogens is 390 g/mol. The Morgan fingerprint density at radius 3 is 2.65 bits per heavy atom. The first-order valence-corrected chi connectivity index (χ1v) is 10.4. The lowest BCUT2D eigenvalue weighted by Gasteiger charge is -2.31. The summed E-state index contributed by atoms with van der Waals surface area (Å²) in [5, 5.41) is 0. The van der Waals surface area contributed by atoms with Gasteiger partial charge in [0, 0.05) is 44.1 Å². The van der Waals surface area contributed by atoms with Crippen molar-refractivity contribution in [2.75, 3.05) is 40.8 Å². The van der Waals surface area contributed by atoms with Gasteiger partial charge >= 0.3 is 0 Å². The lowest BCUT2D eigenvalue weighted by Crippen LogP contribution is -2.41. The summed E-state index contributed by atoms with van der Waals surface area (Å²) in [6, 6.07) is 13.3. The van der Waals surface area contributed by atoms with Gasteiger partial charge < -0.3 is 19.3 Å². The molecule has 162 valence electrons. The first kappa shape index (κ1) is 22.4. The molecule has 0 spiro atoms. The smallest absolute Gasteiger partial charge is 0.246 e. The summed E-state index contributed by atoms with van der Waals surface area (Å²) < 4.78 is 11.7. The zero-order chi connectivity index (χ0) is 22.2. The van der Waals surface area contributed by atoms with Gasteiger partial charge in [-0.15, -0.1) is 0 Å². The molecule has 0 aromatic heterocycles. The second-order valence-corrected chi connectivity index (χ2v) is 7.83. The molecule has 0 saturated carbocycles. The van der Waals surface area contributed by atoms with E-state index < -0.39 is 0 Å². The predicted octanol–water partition coefficient (Wildman–Crippen LogP) is 4.40. The molecule has 1 aliphatic rings. The number of likely N-dealkylation sites (tertiary alicyclic amines) is 1. The fourth-order valence-electron chi connectivity index (χ4n) is 3.61. The third kappa shape index (κ3) is 6.09. The maximum absolute atomic E-state index is 12.3. The number of para-hydroxylation sites is 1. The summed E-state index contributed by atoms with van der Waals surface area (Å²) in [4.78, 5) is 19.8. The summed E-state index contributed by atoms with van der Waals surface area (Å²) in [6.45, 7) is 9.53. The van der Waals surface area contributed by atoms with Crippen molar-refractivity contribution in [1.82, 2.24) is 9.80 Å². The first-order valence-electron chi connectivity index (χ1n) is 10.4. The van der Waals surface area contributed by atoms with E-state index in [1.54, 1.807) is 19.3 Å². The van der Waals surface area contributed by atoms with Crippen molar-refractivity contribution in [3.05, 3.63) is 66.0 Å². The Morgan fingerprint density at radius 1 is 1.23 bits per heavy atom. The fraction of sp³-hybridized carbons (Fsp3) is 0.360. The Kier molecular flexibility index (Phi) is 7.69. The van der Waals surface area contributed by atoms with Crippen molar-refractivity contribution in [2.45, 2.75) is 18.9 Å². The number of amides is 1. The first-order chi connectivity index (χ1) is 15.0. The zero-order valence-corrected chi connectivity index (χ0v) is 18.4. The highest BCUT2D eigenvalue weighted by atomic mass is 16.5. The number of carbonyl (C=O) groups excluding carboxylic acids is 1. The lowest BCUT2D eigenvalue weighted by molar-refractivity contribution is -0.127. The molecule has 0 N–H and O–H groups in total. The number of nitrogens with zero attached hydrogens (tertiary/aromatic N) is 3. The molecule has 1 fully saturated rings. The highest BCUT2D eigenvalue weighted by Gasteiger charge is 2.23. The molecule has 1 aliphatic heterocycles. The van der Waals surface area contributed by atoms with Crippen molar-refractivity contribution in [3.63, 3.8) is 0 Å². The quantitative estimate of drug-likeness (QED) is 0.493. The normalized spacial score (nSPS) is 14.6. The van der Waals surface area contributed by atoms with Crippen LogP contribution in [0, 0.1) is 6.57 Å². The van der Waals surface area contributed by atoms with Crippen molar-refractivity contribution in [1.29, 1.82) is 0 Å². The average Bonchev–Trinajstić information content (AvgIpc) is 2.79. The van der Waals surface area contributed by atoms with Crippen LogP contribution in [0.1, 0.15) is 12.8 Å². The van der Waals surface area contributed by atoms with Gasteiger partial charge in [-0.3, -0.25) is 4.79 Å². The Morgan fingerprint density at radius 2 is 1.97 bits per heavy atom. The largest absolute Gasteiger partial charge is 0.496 e. The van der Waals surface area contributed by atoms with Crippen molar-refractivity contribution < 1.29 is 14.3 Å². The molecule has 0 bridgehead atoms. The van der Waals surface area contributed by atoms with Crippen LogP contribution in [0.3, 0.4) is 0 Å². The monoisotopic (exact) mass is 419 g/mol. The topological polar surface area (TPSA) is 46.4 Å². The third-order valence-electron chi connectivity index (χ3n) is 5.23. The molecule has 2 aromatic rings. The van der Waals surface area contributed by atoms with E-state index in [2.05, 4.69) is 4.85 Å². The van der Waals surface area contributed by atoms with Crippen LogP contribution in [0.4, 0.5) is 5.69 Å². The van der Waals surface area contributed by atoms with E-state index in [1.165, 1.54) is 0 Å². The van der Waals surface area contributed by atoms with Gasteiger partial charge in [-0.1, -0.05) is 24.3 Å². The number of likely N-dealkylation sites (N-methyl/N-ethyl adjacent to an activating group) is 1. The SMILES string of the molecule is [C-]#[N+]c1cc(OC2CCN(C(=O)/C=C/CN(C)C)CC2)cc(-c2ccccc2OC)c1. The van der Waals surface area contributed by atoms with Gasteiger partial charge in [0.15, 0.2) is 5.69 Å². The number of carbonyl (C=O) groups is 1. The minimum absolute atomic E-state index is 0.0151. The van der Waals surface area contributed by atoms with Crippen LogP contribution in [0.5, 0.6) is 11.5 Å². The predicted molar refractivity (Wildman–Crippen MR) is 123 cm³/mol. The summed E-state index contributed by atoms with van der Waals surface area (Å²) in [6.07, 6.45) is 5.08. The Hall–Kier alpha value is -3.30. The van der Waals surface area contributed by atoms with Gasteiger partial charge in [0.05, 0.1) is 13.7 Å². The molecular formula is C25H29N3O3. The van der Waals surface area contributed by atoms with Crippen LogP contribution >= 0.6 is 0 Å². The van der Waals surface area contributed by atoms with Crippen molar-refractivity contribution >= 4 is 11.6 Å². The fourth-order valence-corrected chi connectivity index (χ4v) is 3.61. The Labute approximate surface area is 184 Å². The van der Waals surface area contributed by atoms with Crippen LogP contribution in [0.25, 0.3) is 16.0 Å². The van der Waals surface area contributed by atoms with Gasteiger partial charge in [0.2, 0.25) is 5.91 Å². The van der Waals surface area contributed by atoms with E-state index in [0.29, 0.717) is 24.5 Å². The van der Waals surface area contributed by atoms with Gasteiger partial charge in [0.25, 0.3) is 0 Å². The maximum atomic E-state index is 12.3. The molecule has 1 saturated heterocycles. The molecule has 3 rings (SSSR count). The molecule has 2 aromatic carbocycles. The molecule has 1 heterocycles. The van der Waals surface area contributed by atoms with E-state index in [1.807, 2.05) is 66.4 Å². The van der Waals surface area contributed by atoms with E-state index >= 15 is 0 Å². The Bertz CT molecular complexity index is 970. The average molecular weight is 420 g/mol. The number of benzene rings is 2. The zero-order valence-electron chi connectivity index (χ0n) is 18.4. The van der Waals surface area contributed by atoms with Gasteiger partial charge in [-0.05, 0) is 43.9 Å².